The van der Waals surface area contributed by atoms with Crippen LogP contribution in [0.25, 0.3) is 0 Å². The normalized spacial score (nSPS) is 51.6. The number of ether oxygens (including phenoxy) is 12. The molecule has 0 aromatic rings. The second-order valence-electron chi connectivity index (χ2n) is 17.4. The van der Waals surface area contributed by atoms with E-state index in [9.17, 15) is 97.0 Å². The maximum Gasteiger partial charge on any atom is 0.187 e. The van der Waals surface area contributed by atoms with Crippen molar-refractivity contribution in [3.8, 4) is 0 Å². The summed E-state index contributed by atoms with van der Waals surface area (Å²) < 4.78 is 67.2. The fourth-order valence-electron chi connectivity index (χ4n) is 8.78. The Morgan fingerprint density at radius 3 is 0.871 bits per heavy atom. The van der Waals surface area contributed by atoms with Crippen molar-refractivity contribution in [1.29, 1.82) is 0 Å². The van der Waals surface area contributed by atoms with Gasteiger partial charge in [0.15, 0.2) is 37.7 Å². The molecule has 6 aliphatic heterocycles. The van der Waals surface area contributed by atoms with Crippen LogP contribution in [0.2, 0.25) is 0 Å². The summed E-state index contributed by atoms with van der Waals surface area (Å²) in [5, 5.41) is 203. The molecule has 12 unspecified atom stereocenters. The Labute approximate surface area is 396 Å². The fraction of sp³-hybridized carbons (Fsp3) is 1.00. The number of aliphatic hydroxyl groups is 19. The molecule has 0 spiro atoms. The van der Waals surface area contributed by atoms with E-state index in [4.69, 9.17) is 62.6 Å². The summed E-state index contributed by atoms with van der Waals surface area (Å²) in [4.78, 5) is 0. The molecule has 0 amide bonds. The maximum atomic E-state index is 11.7. The van der Waals surface area contributed by atoms with Crippen LogP contribution < -0.4 is 5.73 Å². The van der Waals surface area contributed by atoms with Crippen LogP contribution in [-0.2, 0) is 56.8 Å². The van der Waals surface area contributed by atoms with Crippen LogP contribution in [0.15, 0.2) is 0 Å². The highest BCUT2D eigenvalue weighted by Crippen LogP contribution is 2.37. The van der Waals surface area contributed by atoms with Gasteiger partial charge in [0, 0.05) is 6.54 Å². The highest BCUT2D eigenvalue weighted by molar-refractivity contribution is 5.00. The molecule has 6 saturated heterocycles. The summed E-state index contributed by atoms with van der Waals surface area (Å²) in [6.07, 6.45) is -58.0. The maximum absolute atomic E-state index is 11.7. The lowest BCUT2D eigenvalue weighted by Crippen LogP contribution is -2.68. The molecule has 0 saturated carbocycles. The Kier molecular flexibility index (Phi) is 21.1. The van der Waals surface area contributed by atoms with Gasteiger partial charge in [-0.3, -0.25) is 0 Å². The number of hydrogen-bond donors (Lipinski definition) is 20. The standard InChI is InChI=1S/C38H67NO31/c39-1-2-59-33-24(55)28(17(48)11(5-42)60-33)67-36-27(58)31(20(51)14(8-45)63-36)69-38-32(22(53)16(47)10(4-41)65-38)70-37-26(57)30(19(50)13(7-44)64-37)68-35-25(56)29(18(49)12(6-43)62-35)66-34-23(54)21(52)15(46)9(3-40)61-34/h9-38,40-58H,1-8,39H2/t9?,10?,11?,12?,13?,14?,15-,16-,17-,18-,19-,20-,21+,22+,23?,24?,25?,26?,27?,28+,29+,30+,31+,32?,33+,34-,35-,36-,37-,38-/m1/s1. The Hall–Kier alpha value is -1.28. The van der Waals surface area contributed by atoms with Crippen LogP contribution in [0.4, 0.5) is 0 Å². The Morgan fingerprint density at radius 2 is 0.529 bits per heavy atom. The van der Waals surface area contributed by atoms with Gasteiger partial charge in [0.1, 0.15) is 146 Å². The molecule has 0 aromatic carbocycles. The molecule has 6 fully saturated rings. The first-order valence-corrected chi connectivity index (χ1v) is 22.3. The first-order chi connectivity index (χ1) is 33.3. The third-order valence-electron chi connectivity index (χ3n) is 12.8. The lowest BCUT2D eigenvalue weighted by atomic mass is 9.95. The van der Waals surface area contributed by atoms with E-state index in [2.05, 4.69) is 0 Å². The van der Waals surface area contributed by atoms with E-state index in [-0.39, 0.29) is 13.2 Å². The van der Waals surface area contributed by atoms with Crippen molar-refractivity contribution in [3.05, 3.63) is 0 Å². The van der Waals surface area contributed by atoms with E-state index in [1.807, 2.05) is 0 Å². The van der Waals surface area contributed by atoms with Crippen LogP contribution in [0.1, 0.15) is 0 Å². The molecular weight excluding hydrogens is 966 g/mol. The molecule has 32 nitrogen and oxygen atoms in total. The minimum Gasteiger partial charge on any atom is -0.394 e. The van der Waals surface area contributed by atoms with Gasteiger partial charge in [0.25, 0.3) is 0 Å². The molecular formula is C38H67NO31. The smallest absolute Gasteiger partial charge is 0.187 e. The van der Waals surface area contributed by atoms with Gasteiger partial charge < -0.3 is 160 Å². The van der Waals surface area contributed by atoms with Crippen molar-refractivity contribution in [3.63, 3.8) is 0 Å². The first kappa shape index (κ1) is 58.0. The fourth-order valence-corrected chi connectivity index (χ4v) is 8.78. The summed E-state index contributed by atoms with van der Waals surface area (Å²) in [7, 11) is 0. The molecule has 6 aliphatic rings. The molecule has 410 valence electrons. The monoisotopic (exact) mass is 1030 g/mol. The zero-order valence-electron chi connectivity index (χ0n) is 37.0. The van der Waals surface area contributed by atoms with Crippen molar-refractivity contribution in [2.45, 2.75) is 184 Å². The lowest BCUT2D eigenvalue weighted by molar-refractivity contribution is -0.404. The average Bonchev–Trinajstić information content (AvgIpc) is 3.35. The highest BCUT2D eigenvalue weighted by atomic mass is 16.8. The van der Waals surface area contributed by atoms with Crippen LogP contribution in [0, 0.1) is 0 Å². The predicted octanol–water partition coefficient (Wildman–Crippen LogP) is -14.1. The third kappa shape index (κ3) is 12.0. The van der Waals surface area contributed by atoms with Gasteiger partial charge in [-0.1, -0.05) is 0 Å². The predicted molar refractivity (Wildman–Crippen MR) is 212 cm³/mol. The van der Waals surface area contributed by atoms with Gasteiger partial charge in [-0.15, -0.1) is 0 Å². The van der Waals surface area contributed by atoms with Gasteiger partial charge in [0.2, 0.25) is 0 Å². The number of rotatable bonds is 19. The van der Waals surface area contributed by atoms with Crippen LogP contribution >= 0.6 is 0 Å². The average molecular weight is 1030 g/mol. The summed E-state index contributed by atoms with van der Waals surface area (Å²) in [6, 6.07) is 0. The Balaban J connectivity index is 1.22. The third-order valence-corrected chi connectivity index (χ3v) is 12.8. The van der Waals surface area contributed by atoms with E-state index in [0.29, 0.717) is 0 Å². The van der Waals surface area contributed by atoms with Crippen molar-refractivity contribution >= 4 is 0 Å². The minimum absolute atomic E-state index is 0.0300. The number of nitrogens with two attached hydrogens (primary N) is 1. The van der Waals surface area contributed by atoms with Gasteiger partial charge in [-0.25, -0.2) is 0 Å². The van der Waals surface area contributed by atoms with E-state index in [0.717, 1.165) is 0 Å². The van der Waals surface area contributed by atoms with Crippen LogP contribution in [0.5, 0.6) is 0 Å². The van der Waals surface area contributed by atoms with Crippen LogP contribution in [0.3, 0.4) is 0 Å². The van der Waals surface area contributed by atoms with Crippen molar-refractivity contribution in [2.75, 3.05) is 52.8 Å². The lowest BCUT2D eigenvalue weighted by Gasteiger charge is -2.50. The molecule has 0 radical (unpaired) electrons. The molecule has 70 heavy (non-hydrogen) atoms. The highest BCUT2D eigenvalue weighted by Gasteiger charge is 2.58. The Morgan fingerprint density at radius 1 is 0.271 bits per heavy atom. The number of hydrogen-bond acceptors (Lipinski definition) is 32. The molecule has 30 atom stereocenters. The van der Waals surface area contributed by atoms with E-state index < -0.39 is 224 Å². The second kappa shape index (κ2) is 25.5. The zero-order chi connectivity index (χ0) is 51.5. The van der Waals surface area contributed by atoms with Crippen LogP contribution in [-0.4, -0.2) is 334 Å². The second-order valence-corrected chi connectivity index (χ2v) is 17.4. The number of aliphatic hydroxyl groups excluding tert-OH is 19. The molecule has 0 aliphatic carbocycles. The van der Waals surface area contributed by atoms with E-state index >= 15 is 0 Å². The van der Waals surface area contributed by atoms with Gasteiger partial charge in [-0.2, -0.15) is 0 Å². The summed E-state index contributed by atoms with van der Waals surface area (Å²) in [6.45, 7) is -5.92. The quantitative estimate of drug-likeness (QED) is 0.0571. The van der Waals surface area contributed by atoms with Gasteiger partial charge in [-0.05, 0) is 0 Å². The topological polar surface area (TPSA) is 521 Å². The Bertz CT molecular complexity index is 1570. The molecule has 0 aromatic heterocycles. The summed E-state index contributed by atoms with van der Waals surface area (Å²) in [5.74, 6) is 0. The van der Waals surface area contributed by atoms with E-state index in [1.54, 1.807) is 0 Å². The van der Waals surface area contributed by atoms with E-state index in [1.165, 1.54) is 0 Å². The van der Waals surface area contributed by atoms with Gasteiger partial charge in [0.05, 0.1) is 46.2 Å². The largest absolute Gasteiger partial charge is 0.394 e. The SMILES string of the molecule is NCCO[C@H]1OC(CO)[C@@H](O)[C@H](O[C@H]2OC(CO)[C@@H](O)[C@H](O[C@H]3OC(CO)[C@@H](O)[C@H](O)C3O[C@H]3OC(CO)[C@@H](O)[C@H](O[C@H]4OC(CO)[C@@H](O)[C@H](O[C@H]5OC(CO)[C@@H](O)[C@H](O)C5O)C4O)C3O)C2O)C1O. The van der Waals surface area contributed by atoms with Crippen molar-refractivity contribution < 1.29 is 154 Å². The molecule has 0 bridgehead atoms. The minimum atomic E-state index is -2.29. The molecule has 6 rings (SSSR count). The zero-order valence-corrected chi connectivity index (χ0v) is 37.0. The van der Waals surface area contributed by atoms with Crippen molar-refractivity contribution in [1.82, 2.24) is 0 Å². The summed E-state index contributed by atoms with van der Waals surface area (Å²) >= 11 is 0. The molecule has 21 N–H and O–H groups in total. The molecule has 32 heteroatoms. The summed E-state index contributed by atoms with van der Waals surface area (Å²) in [5.41, 5.74) is 5.48. The molecule has 6 heterocycles. The van der Waals surface area contributed by atoms with Gasteiger partial charge >= 0.3 is 0 Å². The van der Waals surface area contributed by atoms with Crippen molar-refractivity contribution in [2.24, 2.45) is 5.73 Å². The first-order valence-electron chi connectivity index (χ1n) is 22.3.